The monoisotopic (exact) mass is 467 g/mol. The Morgan fingerprint density at radius 3 is 2.88 bits per heavy atom. The highest BCUT2D eigenvalue weighted by molar-refractivity contribution is 7.13. The summed E-state index contributed by atoms with van der Waals surface area (Å²) < 4.78 is 7.73. The van der Waals surface area contributed by atoms with Crippen molar-refractivity contribution in [2.75, 3.05) is 30.1 Å². The van der Waals surface area contributed by atoms with Crippen LogP contribution in [0.3, 0.4) is 0 Å². The summed E-state index contributed by atoms with van der Waals surface area (Å²) in [7, 11) is 3.70. The quantitative estimate of drug-likeness (QED) is 0.580. The molecule has 3 aromatic heterocycles. The number of carbonyl (C=O) groups excluding carboxylic acids is 1. The van der Waals surface area contributed by atoms with E-state index in [0.717, 1.165) is 60.1 Å². The van der Waals surface area contributed by atoms with Gasteiger partial charge in [-0.25, -0.2) is 15.0 Å². The highest BCUT2D eigenvalue weighted by Crippen LogP contribution is 2.39. The van der Waals surface area contributed by atoms with E-state index in [1.165, 1.54) is 11.3 Å². The van der Waals surface area contributed by atoms with Crippen LogP contribution in [0.4, 0.5) is 11.5 Å². The minimum atomic E-state index is -0.273. The molecule has 0 N–H and O–H groups in total. The summed E-state index contributed by atoms with van der Waals surface area (Å²) in [5.74, 6) is 1.45. The molecule has 33 heavy (non-hydrogen) atoms. The molecule has 2 aliphatic rings. The summed E-state index contributed by atoms with van der Waals surface area (Å²) in [5.41, 5.74) is 2.33. The van der Waals surface area contributed by atoms with Gasteiger partial charge in [-0.15, -0.1) is 11.3 Å². The molecule has 0 bridgehead atoms. The van der Waals surface area contributed by atoms with Gasteiger partial charge in [-0.2, -0.15) is 5.10 Å². The minimum Gasteiger partial charge on any atom is -0.379 e. The van der Waals surface area contributed by atoms with Crippen molar-refractivity contribution < 1.29 is 9.53 Å². The van der Waals surface area contributed by atoms with E-state index in [2.05, 4.69) is 26.9 Å². The number of anilines is 2. The van der Waals surface area contributed by atoms with Crippen molar-refractivity contribution in [3.05, 3.63) is 24.0 Å². The van der Waals surface area contributed by atoms with E-state index in [9.17, 15) is 4.79 Å². The summed E-state index contributed by atoms with van der Waals surface area (Å²) in [6.45, 7) is 3.43. The standard InChI is InChI=1S/C23H29N7O2S/c1-4-17-23(31)29(3)18-12-25-20(16-13-28(2)27-19(16)22-24-9-11-33-22)26-21(18)30(17)15-8-6-5-7-10-32-14-15/h9,11-13,15,17H,4-8,10,14H2,1-3H3/t15?,17-/m1/s1. The number of aryl methyl sites for hydroxylation is 1. The van der Waals surface area contributed by atoms with Crippen molar-refractivity contribution in [3.63, 3.8) is 0 Å². The van der Waals surface area contributed by atoms with Gasteiger partial charge in [0.1, 0.15) is 22.4 Å². The zero-order chi connectivity index (χ0) is 22.9. The normalized spacial score (nSPS) is 21.6. The summed E-state index contributed by atoms with van der Waals surface area (Å²) in [6.07, 6.45) is 10.5. The number of fused-ring (bicyclic) bond motifs is 1. The first-order valence-corrected chi connectivity index (χ1v) is 12.4. The number of hydrogen-bond acceptors (Lipinski definition) is 8. The number of amides is 1. The van der Waals surface area contributed by atoms with Gasteiger partial charge in [0.05, 0.1) is 24.4 Å². The van der Waals surface area contributed by atoms with Crippen LogP contribution in [-0.4, -0.2) is 63.0 Å². The molecule has 5 rings (SSSR count). The average Bonchev–Trinajstić information content (AvgIpc) is 3.46. The Balaban J connectivity index is 1.62. The zero-order valence-corrected chi connectivity index (χ0v) is 20.1. The number of aromatic nitrogens is 5. The lowest BCUT2D eigenvalue weighted by molar-refractivity contribution is -0.120. The molecule has 3 aromatic rings. The van der Waals surface area contributed by atoms with Gasteiger partial charge in [-0.3, -0.25) is 9.48 Å². The van der Waals surface area contributed by atoms with Gasteiger partial charge in [0.25, 0.3) is 0 Å². The second-order valence-electron chi connectivity index (χ2n) is 8.61. The third kappa shape index (κ3) is 4.02. The van der Waals surface area contributed by atoms with Crippen molar-refractivity contribution in [1.82, 2.24) is 24.7 Å². The lowest BCUT2D eigenvalue weighted by atomic mass is 10.00. The number of rotatable bonds is 4. The van der Waals surface area contributed by atoms with Gasteiger partial charge in [-0.1, -0.05) is 19.8 Å². The van der Waals surface area contributed by atoms with Crippen LogP contribution in [-0.2, 0) is 16.6 Å². The lowest BCUT2D eigenvalue weighted by Gasteiger charge is -2.44. The van der Waals surface area contributed by atoms with Gasteiger partial charge >= 0.3 is 0 Å². The Labute approximate surface area is 197 Å². The maximum absolute atomic E-state index is 13.3. The third-order valence-electron chi connectivity index (χ3n) is 6.43. The number of nitrogens with zero attached hydrogens (tertiary/aromatic N) is 7. The topological polar surface area (TPSA) is 89.3 Å². The van der Waals surface area contributed by atoms with E-state index < -0.39 is 0 Å². The fourth-order valence-corrected chi connectivity index (χ4v) is 5.40. The first-order chi connectivity index (χ1) is 16.1. The first-order valence-electron chi connectivity index (χ1n) is 11.5. The van der Waals surface area contributed by atoms with Crippen LogP contribution in [0.5, 0.6) is 0 Å². The van der Waals surface area contributed by atoms with Crippen LogP contribution in [0.25, 0.3) is 22.1 Å². The Hall–Kier alpha value is -2.85. The van der Waals surface area contributed by atoms with E-state index in [1.807, 2.05) is 25.7 Å². The molecule has 0 saturated carbocycles. The highest BCUT2D eigenvalue weighted by atomic mass is 32.1. The maximum atomic E-state index is 13.3. The van der Waals surface area contributed by atoms with Gasteiger partial charge in [0.2, 0.25) is 5.91 Å². The molecule has 2 aliphatic heterocycles. The van der Waals surface area contributed by atoms with E-state index in [-0.39, 0.29) is 18.0 Å². The molecule has 1 fully saturated rings. The van der Waals surface area contributed by atoms with Crippen molar-refractivity contribution in [2.24, 2.45) is 7.05 Å². The zero-order valence-electron chi connectivity index (χ0n) is 19.3. The first kappa shape index (κ1) is 22.0. The number of likely N-dealkylation sites (N-methyl/N-ethyl adjacent to an activating group) is 1. The molecule has 9 nitrogen and oxygen atoms in total. The lowest BCUT2D eigenvalue weighted by Crippen LogP contribution is -2.57. The predicted octanol–water partition coefficient (Wildman–Crippen LogP) is 3.52. The molecule has 5 heterocycles. The largest absolute Gasteiger partial charge is 0.379 e. The SMILES string of the molecule is CC[C@@H]1C(=O)N(C)c2cnc(-c3cn(C)nc3-c3nccs3)nc2N1C1CCCCCOC1. The Morgan fingerprint density at radius 1 is 1.21 bits per heavy atom. The molecule has 1 unspecified atom stereocenters. The second-order valence-corrected chi connectivity index (χ2v) is 9.51. The van der Waals surface area contributed by atoms with E-state index >= 15 is 0 Å². The molecule has 0 aromatic carbocycles. The van der Waals surface area contributed by atoms with Gasteiger partial charge in [0, 0.05) is 38.5 Å². The van der Waals surface area contributed by atoms with Gasteiger partial charge in [-0.05, 0) is 19.3 Å². The number of carbonyl (C=O) groups is 1. The van der Waals surface area contributed by atoms with Crippen molar-refractivity contribution >= 4 is 28.7 Å². The van der Waals surface area contributed by atoms with Crippen LogP contribution >= 0.6 is 11.3 Å². The van der Waals surface area contributed by atoms with Crippen LogP contribution in [0.2, 0.25) is 0 Å². The van der Waals surface area contributed by atoms with Crippen LogP contribution in [0.1, 0.15) is 39.0 Å². The summed E-state index contributed by atoms with van der Waals surface area (Å²) >= 11 is 1.54. The number of hydrogen-bond donors (Lipinski definition) is 0. The van der Waals surface area contributed by atoms with E-state index in [1.54, 1.807) is 22.0 Å². The summed E-state index contributed by atoms with van der Waals surface area (Å²) in [5, 5.41) is 7.38. The van der Waals surface area contributed by atoms with Gasteiger partial charge < -0.3 is 14.5 Å². The molecule has 10 heteroatoms. The maximum Gasteiger partial charge on any atom is 0.249 e. The van der Waals surface area contributed by atoms with Crippen molar-refractivity contribution in [1.29, 1.82) is 0 Å². The third-order valence-corrected chi connectivity index (χ3v) is 7.21. The van der Waals surface area contributed by atoms with E-state index in [0.29, 0.717) is 18.9 Å². The molecular weight excluding hydrogens is 438 g/mol. The molecule has 0 radical (unpaired) electrons. The number of thiazole rings is 1. The van der Waals surface area contributed by atoms with Crippen molar-refractivity contribution in [2.45, 2.75) is 51.1 Å². The van der Waals surface area contributed by atoms with Crippen LogP contribution in [0.15, 0.2) is 24.0 Å². The Morgan fingerprint density at radius 2 is 2.09 bits per heavy atom. The number of ether oxygens (including phenoxy) is 1. The Kier molecular flexibility index (Phi) is 6.11. The van der Waals surface area contributed by atoms with Crippen molar-refractivity contribution in [3.8, 4) is 22.1 Å². The van der Waals surface area contributed by atoms with Crippen LogP contribution in [0, 0.1) is 0 Å². The minimum absolute atomic E-state index is 0.0771. The highest BCUT2D eigenvalue weighted by Gasteiger charge is 2.40. The summed E-state index contributed by atoms with van der Waals surface area (Å²) in [4.78, 5) is 31.3. The molecule has 2 atom stereocenters. The predicted molar refractivity (Wildman–Crippen MR) is 128 cm³/mol. The second kappa shape index (κ2) is 9.18. The van der Waals surface area contributed by atoms with E-state index in [4.69, 9.17) is 9.72 Å². The fraction of sp³-hybridized carbons (Fsp3) is 0.522. The Bertz CT molecular complexity index is 1120. The smallest absolute Gasteiger partial charge is 0.249 e. The average molecular weight is 468 g/mol. The van der Waals surface area contributed by atoms with Gasteiger partial charge in [0.15, 0.2) is 11.6 Å². The molecular formula is C23H29N7O2S. The molecule has 0 spiro atoms. The fourth-order valence-electron chi connectivity index (χ4n) is 4.76. The molecule has 1 saturated heterocycles. The molecule has 174 valence electrons. The molecule has 0 aliphatic carbocycles. The summed E-state index contributed by atoms with van der Waals surface area (Å²) in [6, 6.07) is -0.174. The molecule has 1 amide bonds. The van der Waals surface area contributed by atoms with Crippen LogP contribution < -0.4 is 9.80 Å².